The smallest absolute Gasteiger partial charge is 0.280 e. The number of hydrogen-bond acceptors (Lipinski definition) is 7. The Balaban J connectivity index is 1.56. The van der Waals surface area contributed by atoms with Crippen molar-refractivity contribution in [3.05, 3.63) is 76.3 Å². The van der Waals surface area contributed by atoms with E-state index in [1.165, 1.54) is 6.07 Å². The molecule has 44 heavy (non-hydrogen) atoms. The van der Waals surface area contributed by atoms with Gasteiger partial charge >= 0.3 is 0 Å². The zero-order valence-corrected chi connectivity index (χ0v) is 25.2. The second kappa shape index (κ2) is 11.2. The van der Waals surface area contributed by atoms with Gasteiger partial charge in [-0.05, 0) is 51.5 Å². The molecule has 5 heterocycles. The van der Waals surface area contributed by atoms with E-state index in [2.05, 4.69) is 20.5 Å². The van der Waals surface area contributed by atoms with Crippen molar-refractivity contribution in [2.24, 2.45) is 5.73 Å². The van der Waals surface area contributed by atoms with Crippen molar-refractivity contribution in [2.75, 3.05) is 5.32 Å². The number of aryl methyl sites for hydroxylation is 3. The standard InChI is InChI=1S/C31H28F2N8O2S/c1-5-40-14-21(15(3)39-40)23-12-19(17-9-7-8-10-22(17)36-23)30(43)38-26-25-18(20-13-35-41(6-2)16(20)4)11-24(28(32)33)37-31(25)44-27(26)29(34)42/h7-14,28H,5-6H2,1-4H3,(H2,34,42)(H,38,43). The van der Waals surface area contributed by atoms with E-state index in [1.807, 2.05) is 46.0 Å². The van der Waals surface area contributed by atoms with Crippen molar-refractivity contribution in [1.29, 1.82) is 0 Å². The molecular weight excluding hydrogens is 586 g/mol. The molecule has 0 fully saturated rings. The molecule has 0 aliphatic rings. The molecule has 13 heteroatoms. The van der Waals surface area contributed by atoms with Crippen LogP contribution in [0.15, 0.2) is 48.8 Å². The Bertz CT molecular complexity index is 2100. The number of hydrogen-bond donors (Lipinski definition) is 2. The Kier molecular flexibility index (Phi) is 7.41. The minimum Gasteiger partial charge on any atom is -0.365 e. The fourth-order valence-electron chi connectivity index (χ4n) is 5.38. The number of fused-ring (bicyclic) bond motifs is 2. The van der Waals surface area contributed by atoms with Crippen LogP contribution in [0.25, 0.3) is 43.5 Å². The third kappa shape index (κ3) is 4.88. The van der Waals surface area contributed by atoms with E-state index < -0.39 is 23.9 Å². The van der Waals surface area contributed by atoms with Gasteiger partial charge in [0.2, 0.25) is 0 Å². The summed E-state index contributed by atoms with van der Waals surface area (Å²) in [7, 11) is 0. The van der Waals surface area contributed by atoms with Crippen molar-refractivity contribution < 1.29 is 18.4 Å². The molecule has 0 aliphatic heterocycles. The van der Waals surface area contributed by atoms with Crippen molar-refractivity contribution in [1.82, 2.24) is 29.5 Å². The highest BCUT2D eigenvalue weighted by molar-refractivity contribution is 7.21. The number of nitrogens with zero attached hydrogens (tertiary/aromatic N) is 6. The lowest BCUT2D eigenvalue weighted by molar-refractivity contribution is 0.100. The number of para-hydroxylation sites is 1. The van der Waals surface area contributed by atoms with Gasteiger partial charge in [0, 0.05) is 46.9 Å². The SMILES string of the molecule is CCn1cc(-c2cc(C(=O)Nc3c(C(N)=O)sc4nc(C(F)F)cc(-c5cnn(CC)c5C)c34)c3ccccc3n2)c(C)n1. The van der Waals surface area contributed by atoms with Crippen LogP contribution in [0.4, 0.5) is 14.5 Å². The summed E-state index contributed by atoms with van der Waals surface area (Å²) >= 11 is 0.855. The lowest BCUT2D eigenvalue weighted by Crippen LogP contribution is -2.17. The maximum Gasteiger partial charge on any atom is 0.280 e. The van der Waals surface area contributed by atoms with Gasteiger partial charge < -0.3 is 11.1 Å². The summed E-state index contributed by atoms with van der Waals surface area (Å²) in [6, 6.07) is 10.2. The second-order valence-corrected chi connectivity index (χ2v) is 11.2. The summed E-state index contributed by atoms with van der Waals surface area (Å²) in [5.74, 6) is -1.35. The number of thiophene rings is 1. The van der Waals surface area contributed by atoms with Crippen LogP contribution in [0.2, 0.25) is 0 Å². The van der Waals surface area contributed by atoms with Gasteiger partial charge in [-0.2, -0.15) is 10.2 Å². The van der Waals surface area contributed by atoms with Crippen LogP contribution in [0.3, 0.4) is 0 Å². The minimum absolute atomic E-state index is 0.00676. The number of benzene rings is 1. The first-order chi connectivity index (χ1) is 21.1. The van der Waals surface area contributed by atoms with Crippen LogP contribution < -0.4 is 11.1 Å². The molecule has 1 aromatic carbocycles. The van der Waals surface area contributed by atoms with E-state index in [9.17, 15) is 18.4 Å². The molecule has 0 aliphatic carbocycles. The number of amides is 2. The molecule has 3 N–H and O–H groups in total. The number of pyridine rings is 2. The number of carbonyl (C=O) groups excluding carboxylic acids is 2. The third-order valence-electron chi connectivity index (χ3n) is 7.57. The van der Waals surface area contributed by atoms with Gasteiger partial charge in [-0.3, -0.25) is 19.0 Å². The van der Waals surface area contributed by atoms with E-state index in [0.29, 0.717) is 51.8 Å². The van der Waals surface area contributed by atoms with Crippen LogP contribution in [0.1, 0.15) is 57.4 Å². The normalized spacial score (nSPS) is 11.6. The number of carbonyl (C=O) groups is 2. The monoisotopic (exact) mass is 614 g/mol. The van der Waals surface area contributed by atoms with Crippen LogP contribution in [-0.4, -0.2) is 41.3 Å². The number of rotatable bonds is 8. The molecule has 6 rings (SSSR count). The van der Waals surface area contributed by atoms with Gasteiger partial charge in [0.1, 0.15) is 15.4 Å². The number of primary amides is 1. The van der Waals surface area contributed by atoms with Gasteiger partial charge in [0.05, 0.1) is 34.4 Å². The Morgan fingerprint density at radius 1 is 1.05 bits per heavy atom. The fourth-order valence-corrected chi connectivity index (χ4v) is 6.39. The van der Waals surface area contributed by atoms with E-state index in [1.54, 1.807) is 33.8 Å². The van der Waals surface area contributed by atoms with E-state index in [-0.39, 0.29) is 15.4 Å². The zero-order valence-electron chi connectivity index (χ0n) is 24.4. The van der Waals surface area contributed by atoms with Crippen LogP contribution in [-0.2, 0) is 13.1 Å². The minimum atomic E-state index is -2.86. The number of aromatic nitrogens is 6. The molecular formula is C31H28F2N8O2S. The van der Waals surface area contributed by atoms with Gasteiger partial charge in [-0.25, -0.2) is 18.7 Å². The highest BCUT2D eigenvalue weighted by atomic mass is 32.1. The molecule has 0 saturated carbocycles. The van der Waals surface area contributed by atoms with E-state index in [0.717, 1.165) is 28.3 Å². The Labute approximate surface area is 254 Å². The number of halogens is 2. The largest absolute Gasteiger partial charge is 0.365 e. The molecule has 0 unspecified atom stereocenters. The lowest BCUT2D eigenvalue weighted by Gasteiger charge is -2.13. The van der Waals surface area contributed by atoms with Gasteiger partial charge in [-0.1, -0.05) is 18.2 Å². The predicted molar refractivity (Wildman–Crippen MR) is 166 cm³/mol. The summed E-state index contributed by atoms with van der Waals surface area (Å²) < 4.78 is 31.5. The molecule has 10 nitrogen and oxygen atoms in total. The molecule has 0 radical (unpaired) electrons. The van der Waals surface area contributed by atoms with Crippen LogP contribution >= 0.6 is 11.3 Å². The fraction of sp³-hybridized carbons (Fsp3) is 0.226. The first kappa shape index (κ1) is 29.1. The molecule has 5 aromatic heterocycles. The summed E-state index contributed by atoms with van der Waals surface area (Å²) in [6.45, 7) is 8.83. The summed E-state index contributed by atoms with van der Waals surface area (Å²) in [5, 5.41) is 12.7. The molecule has 224 valence electrons. The summed E-state index contributed by atoms with van der Waals surface area (Å²) in [5.41, 5.74) is 10.1. The number of nitrogens with one attached hydrogen (secondary N) is 1. The molecule has 0 atom stereocenters. The van der Waals surface area contributed by atoms with Crippen LogP contribution in [0.5, 0.6) is 0 Å². The Morgan fingerprint density at radius 2 is 1.82 bits per heavy atom. The quantitative estimate of drug-likeness (QED) is 0.201. The van der Waals surface area contributed by atoms with Crippen molar-refractivity contribution in [3.8, 4) is 22.4 Å². The third-order valence-corrected chi connectivity index (χ3v) is 8.67. The lowest BCUT2D eigenvalue weighted by atomic mass is 10.0. The highest BCUT2D eigenvalue weighted by Gasteiger charge is 2.27. The summed E-state index contributed by atoms with van der Waals surface area (Å²) in [6.07, 6.45) is 0.597. The Hall–Kier alpha value is -5.04. The van der Waals surface area contributed by atoms with Gasteiger partial charge in [0.25, 0.3) is 18.2 Å². The molecule has 6 aromatic rings. The average Bonchev–Trinajstić information content (AvgIpc) is 3.70. The van der Waals surface area contributed by atoms with Crippen LogP contribution in [0, 0.1) is 13.8 Å². The molecule has 0 spiro atoms. The maximum absolute atomic E-state index is 14.2. The summed E-state index contributed by atoms with van der Waals surface area (Å²) in [4.78, 5) is 35.9. The molecule has 2 amide bonds. The molecule has 0 bridgehead atoms. The predicted octanol–water partition coefficient (Wildman–Crippen LogP) is 6.52. The van der Waals surface area contributed by atoms with E-state index in [4.69, 9.17) is 10.7 Å². The topological polar surface area (TPSA) is 134 Å². The first-order valence-corrected chi connectivity index (χ1v) is 14.8. The molecule has 0 saturated heterocycles. The first-order valence-electron chi connectivity index (χ1n) is 13.9. The van der Waals surface area contributed by atoms with Crippen molar-refractivity contribution >= 4 is 50.0 Å². The maximum atomic E-state index is 14.2. The second-order valence-electron chi connectivity index (χ2n) is 10.2. The van der Waals surface area contributed by atoms with E-state index >= 15 is 0 Å². The van der Waals surface area contributed by atoms with Crippen molar-refractivity contribution in [2.45, 2.75) is 47.2 Å². The number of alkyl halides is 2. The van der Waals surface area contributed by atoms with Gasteiger partial charge in [0.15, 0.2) is 0 Å². The number of nitrogens with two attached hydrogens (primary N) is 1. The Morgan fingerprint density at radius 3 is 2.48 bits per heavy atom. The average molecular weight is 615 g/mol. The number of anilines is 1. The zero-order chi connectivity index (χ0) is 31.3. The van der Waals surface area contributed by atoms with Crippen molar-refractivity contribution in [3.63, 3.8) is 0 Å². The van der Waals surface area contributed by atoms with Gasteiger partial charge in [-0.15, -0.1) is 11.3 Å². The highest BCUT2D eigenvalue weighted by Crippen LogP contribution is 2.43.